The van der Waals surface area contributed by atoms with Crippen LogP contribution in [-0.2, 0) is 9.59 Å². The van der Waals surface area contributed by atoms with E-state index in [2.05, 4.69) is 10.6 Å². The molecule has 0 saturated carbocycles. The predicted octanol–water partition coefficient (Wildman–Crippen LogP) is -0.425. The van der Waals surface area contributed by atoms with E-state index in [1.165, 1.54) is 6.92 Å². The summed E-state index contributed by atoms with van der Waals surface area (Å²) in [6.45, 7) is 4.12. The molecule has 1 atom stereocenters. The van der Waals surface area contributed by atoms with Gasteiger partial charge in [-0.2, -0.15) is 0 Å². The summed E-state index contributed by atoms with van der Waals surface area (Å²) in [5.41, 5.74) is 0. The fourth-order valence-electron chi connectivity index (χ4n) is 0.660. The Hall–Kier alpha value is -1.10. The number of carboxylic acid groups (broad SMARTS) is 1. The summed E-state index contributed by atoms with van der Waals surface area (Å²) in [6.07, 6.45) is 0.875. The van der Waals surface area contributed by atoms with Crippen molar-refractivity contribution in [3.63, 3.8) is 0 Å². The number of carbonyl (C=O) groups is 2. The first-order chi connectivity index (χ1) is 6.07. The molecule has 5 heteroatoms. The van der Waals surface area contributed by atoms with Crippen molar-refractivity contribution in [1.82, 2.24) is 10.6 Å². The minimum atomic E-state index is -0.955. The highest BCUT2D eigenvalue weighted by molar-refractivity contribution is 5.79. The van der Waals surface area contributed by atoms with E-state index in [0.29, 0.717) is 6.54 Å². The Kier molecular flexibility index (Phi) is 5.88. The van der Waals surface area contributed by atoms with Gasteiger partial charge >= 0.3 is 5.97 Å². The zero-order valence-corrected chi connectivity index (χ0v) is 7.96. The van der Waals surface area contributed by atoms with E-state index in [0.717, 1.165) is 6.42 Å². The second-order valence-corrected chi connectivity index (χ2v) is 2.79. The SMILES string of the molecule is CCCNC(=O)CNC(C)C(=O)O. The molecule has 0 spiro atoms. The molecule has 0 aromatic heterocycles. The average molecular weight is 188 g/mol. The van der Waals surface area contributed by atoms with Crippen LogP contribution >= 0.6 is 0 Å². The van der Waals surface area contributed by atoms with Gasteiger partial charge in [-0.25, -0.2) is 0 Å². The number of aliphatic carboxylic acids is 1. The summed E-state index contributed by atoms with van der Waals surface area (Å²) in [5.74, 6) is -1.13. The number of rotatable bonds is 6. The minimum absolute atomic E-state index is 0.0491. The highest BCUT2D eigenvalue weighted by Crippen LogP contribution is 1.79. The van der Waals surface area contributed by atoms with Crippen molar-refractivity contribution in [2.24, 2.45) is 0 Å². The molecule has 0 heterocycles. The number of hydrogen-bond acceptors (Lipinski definition) is 3. The van der Waals surface area contributed by atoms with Crippen molar-refractivity contribution in [2.45, 2.75) is 26.3 Å². The van der Waals surface area contributed by atoms with Crippen LogP contribution in [0.25, 0.3) is 0 Å². The molecule has 0 bridgehead atoms. The number of nitrogens with one attached hydrogen (secondary N) is 2. The van der Waals surface area contributed by atoms with Gasteiger partial charge in [-0.15, -0.1) is 0 Å². The molecule has 0 fully saturated rings. The molecule has 1 unspecified atom stereocenters. The summed E-state index contributed by atoms with van der Waals surface area (Å²) >= 11 is 0. The second kappa shape index (κ2) is 6.42. The predicted molar refractivity (Wildman–Crippen MR) is 48.4 cm³/mol. The third-order valence-corrected chi connectivity index (χ3v) is 1.51. The first kappa shape index (κ1) is 11.9. The molecule has 0 rings (SSSR count). The quantitative estimate of drug-likeness (QED) is 0.529. The van der Waals surface area contributed by atoms with E-state index in [4.69, 9.17) is 5.11 Å². The lowest BCUT2D eigenvalue weighted by Gasteiger charge is -2.08. The Labute approximate surface area is 77.5 Å². The van der Waals surface area contributed by atoms with Crippen molar-refractivity contribution in [3.05, 3.63) is 0 Å². The Bertz CT molecular complexity index is 182. The molecular formula is C8H16N2O3. The first-order valence-electron chi connectivity index (χ1n) is 4.30. The lowest BCUT2D eigenvalue weighted by Crippen LogP contribution is -2.41. The lowest BCUT2D eigenvalue weighted by molar-refractivity contribution is -0.139. The Morgan fingerprint density at radius 1 is 1.46 bits per heavy atom. The molecule has 3 N–H and O–H groups in total. The van der Waals surface area contributed by atoms with E-state index >= 15 is 0 Å². The maximum atomic E-state index is 11.0. The number of carboxylic acids is 1. The Morgan fingerprint density at radius 2 is 2.08 bits per heavy atom. The maximum absolute atomic E-state index is 11.0. The van der Waals surface area contributed by atoms with Crippen LogP contribution in [0.4, 0.5) is 0 Å². The van der Waals surface area contributed by atoms with Gasteiger partial charge in [-0.3, -0.25) is 14.9 Å². The van der Waals surface area contributed by atoms with Crippen molar-refractivity contribution in [2.75, 3.05) is 13.1 Å². The van der Waals surface area contributed by atoms with Gasteiger partial charge in [0.25, 0.3) is 0 Å². The van der Waals surface area contributed by atoms with Crippen molar-refractivity contribution < 1.29 is 14.7 Å². The van der Waals surface area contributed by atoms with Crippen molar-refractivity contribution in [3.8, 4) is 0 Å². The Morgan fingerprint density at radius 3 is 2.54 bits per heavy atom. The van der Waals surface area contributed by atoms with E-state index in [-0.39, 0.29) is 12.5 Å². The summed E-state index contributed by atoms with van der Waals surface area (Å²) < 4.78 is 0. The van der Waals surface area contributed by atoms with Gasteiger partial charge < -0.3 is 10.4 Å². The largest absolute Gasteiger partial charge is 0.480 e. The van der Waals surface area contributed by atoms with E-state index < -0.39 is 12.0 Å². The van der Waals surface area contributed by atoms with Gasteiger partial charge in [-0.1, -0.05) is 6.92 Å². The van der Waals surface area contributed by atoms with Gasteiger partial charge in [0.05, 0.1) is 6.54 Å². The molecule has 0 aliphatic carbocycles. The van der Waals surface area contributed by atoms with Crippen molar-refractivity contribution in [1.29, 1.82) is 0 Å². The minimum Gasteiger partial charge on any atom is -0.480 e. The van der Waals surface area contributed by atoms with Crippen LogP contribution in [0.15, 0.2) is 0 Å². The number of carbonyl (C=O) groups excluding carboxylic acids is 1. The average Bonchev–Trinajstić information content (AvgIpc) is 2.10. The molecule has 5 nitrogen and oxygen atoms in total. The van der Waals surface area contributed by atoms with Gasteiger partial charge in [-0.05, 0) is 13.3 Å². The Balaban J connectivity index is 3.52. The van der Waals surface area contributed by atoms with Gasteiger partial charge in [0.15, 0.2) is 0 Å². The van der Waals surface area contributed by atoms with Crippen LogP contribution < -0.4 is 10.6 Å². The fourth-order valence-corrected chi connectivity index (χ4v) is 0.660. The molecule has 0 aliphatic rings. The van der Waals surface area contributed by atoms with Crippen LogP contribution in [0.3, 0.4) is 0 Å². The molecule has 76 valence electrons. The monoisotopic (exact) mass is 188 g/mol. The van der Waals surface area contributed by atoms with Crippen molar-refractivity contribution >= 4 is 11.9 Å². The normalized spacial score (nSPS) is 12.2. The van der Waals surface area contributed by atoms with Crippen LogP contribution in [0.2, 0.25) is 0 Å². The topological polar surface area (TPSA) is 78.4 Å². The lowest BCUT2D eigenvalue weighted by atomic mass is 10.3. The molecule has 0 saturated heterocycles. The van der Waals surface area contributed by atoms with Gasteiger partial charge in [0.1, 0.15) is 6.04 Å². The van der Waals surface area contributed by atoms with Crippen LogP contribution in [-0.4, -0.2) is 36.1 Å². The molecule has 0 aromatic rings. The molecule has 1 amide bonds. The fraction of sp³-hybridized carbons (Fsp3) is 0.750. The van der Waals surface area contributed by atoms with E-state index in [1.54, 1.807) is 0 Å². The molecule has 0 aromatic carbocycles. The number of amides is 1. The summed E-state index contributed by atoms with van der Waals surface area (Å²) in [4.78, 5) is 21.3. The molecule has 0 aliphatic heterocycles. The van der Waals surface area contributed by atoms with Crippen LogP contribution in [0.5, 0.6) is 0 Å². The third-order valence-electron chi connectivity index (χ3n) is 1.51. The van der Waals surface area contributed by atoms with E-state index in [9.17, 15) is 9.59 Å². The van der Waals surface area contributed by atoms with E-state index in [1.807, 2.05) is 6.92 Å². The molecule has 13 heavy (non-hydrogen) atoms. The maximum Gasteiger partial charge on any atom is 0.320 e. The highest BCUT2D eigenvalue weighted by Gasteiger charge is 2.10. The highest BCUT2D eigenvalue weighted by atomic mass is 16.4. The summed E-state index contributed by atoms with van der Waals surface area (Å²) in [6, 6.07) is -0.688. The van der Waals surface area contributed by atoms with Crippen LogP contribution in [0.1, 0.15) is 20.3 Å². The zero-order valence-electron chi connectivity index (χ0n) is 7.96. The van der Waals surface area contributed by atoms with Crippen LogP contribution in [0, 0.1) is 0 Å². The molecular weight excluding hydrogens is 172 g/mol. The van der Waals surface area contributed by atoms with Gasteiger partial charge in [0, 0.05) is 6.54 Å². The smallest absolute Gasteiger partial charge is 0.320 e. The summed E-state index contributed by atoms with van der Waals surface area (Å²) in [5, 5.41) is 13.7. The standard InChI is InChI=1S/C8H16N2O3/c1-3-4-9-7(11)5-10-6(2)8(12)13/h6,10H,3-5H2,1-2H3,(H,9,11)(H,12,13). The van der Waals surface area contributed by atoms with Gasteiger partial charge in [0.2, 0.25) is 5.91 Å². The number of hydrogen-bond donors (Lipinski definition) is 3. The first-order valence-corrected chi connectivity index (χ1v) is 4.30. The molecule has 0 radical (unpaired) electrons. The third kappa shape index (κ3) is 6.10. The summed E-state index contributed by atoms with van der Waals surface area (Å²) in [7, 11) is 0. The zero-order chi connectivity index (χ0) is 10.3. The second-order valence-electron chi connectivity index (χ2n) is 2.79.